The van der Waals surface area contributed by atoms with Gasteiger partial charge in [-0.25, -0.2) is 9.97 Å². The topological polar surface area (TPSA) is 77.0 Å². The van der Waals surface area contributed by atoms with Gasteiger partial charge in [0.25, 0.3) is 0 Å². The van der Waals surface area contributed by atoms with E-state index < -0.39 is 0 Å². The van der Waals surface area contributed by atoms with E-state index in [2.05, 4.69) is 27.5 Å². The minimum atomic E-state index is -0.358. The maximum Gasteiger partial charge on any atom is 0.145 e. The van der Waals surface area contributed by atoms with Crippen molar-refractivity contribution in [1.29, 1.82) is 0 Å². The Balaban J connectivity index is 1.71. The summed E-state index contributed by atoms with van der Waals surface area (Å²) in [7, 11) is 0. The standard InChI is InChI=1S/C15H16N4OS/c16-14-10-3-4-19(15(10)18-8-17-14)11-6-9(7-12(11)20)13-2-1-5-21-13/h1-5,8-9,11-12,20H,6-7H2,(H2,16,17,18)/t9-,11+,12+/m0/s1. The molecule has 108 valence electrons. The van der Waals surface area contributed by atoms with Gasteiger partial charge in [0.15, 0.2) is 0 Å². The molecule has 3 aromatic rings. The maximum atomic E-state index is 10.5. The largest absolute Gasteiger partial charge is 0.391 e. The summed E-state index contributed by atoms with van der Waals surface area (Å²) in [5.41, 5.74) is 6.69. The fourth-order valence-electron chi connectivity index (χ4n) is 3.31. The van der Waals surface area contributed by atoms with Crippen LogP contribution < -0.4 is 5.73 Å². The van der Waals surface area contributed by atoms with Crippen LogP contribution in [0.15, 0.2) is 36.1 Å². The van der Waals surface area contributed by atoms with Crippen molar-refractivity contribution in [3.8, 4) is 0 Å². The van der Waals surface area contributed by atoms with Gasteiger partial charge in [0.1, 0.15) is 17.8 Å². The molecule has 3 heterocycles. The minimum absolute atomic E-state index is 0.0453. The number of rotatable bonds is 2. The van der Waals surface area contributed by atoms with E-state index in [1.54, 1.807) is 11.3 Å². The van der Waals surface area contributed by atoms with Crippen LogP contribution in [0.2, 0.25) is 0 Å². The smallest absolute Gasteiger partial charge is 0.145 e. The van der Waals surface area contributed by atoms with Crippen molar-refractivity contribution in [2.24, 2.45) is 0 Å². The van der Waals surface area contributed by atoms with Gasteiger partial charge >= 0.3 is 0 Å². The second-order valence-corrected chi connectivity index (χ2v) is 6.52. The van der Waals surface area contributed by atoms with Crippen molar-refractivity contribution in [2.75, 3.05) is 5.73 Å². The minimum Gasteiger partial charge on any atom is -0.391 e. The number of aromatic nitrogens is 3. The molecule has 1 aliphatic rings. The van der Waals surface area contributed by atoms with E-state index in [-0.39, 0.29) is 12.1 Å². The first-order valence-corrected chi connectivity index (χ1v) is 7.90. The normalized spacial score (nSPS) is 25.7. The van der Waals surface area contributed by atoms with Gasteiger partial charge in [0, 0.05) is 11.1 Å². The predicted octanol–water partition coefficient (Wildman–Crippen LogP) is 2.55. The van der Waals surface area contributed by atoms with Gasteiger partial charge in [-0.2, -0.15) is 0 Å². The van der Waals surface area contributed by atoms with Crippen molar-refractivity contribution in [2.45, 2.75) is 30.9 Å². The summed E-state index contributed by atoms with van der Waals surface area (Å²) >= 11 is 1.76. The lowest BCUT2D eigenvalue weighted by molar-refractivity contribution is 0.137. The van der Waals surface area contributed by atoms with Crippen LogP contribution in [0.4, 0.5) is 5.82 Å². The molecule has 1 saturated carbocycles. The molecule has 4 rings (SSSR count). The lowest BCUT2D eigenvalue weighted by atomic mass is 10.1. The molecular weight excluding hydrogens is 284 g/mol. The van der Waals surface area contributed by atoms with E-state index in [4.69, 9.17) is 5.73 Å². The molecule has 21 heavy (non-hydrogen) atoms. The zero-order valence-electron chi connectivity index (χ0n) is 11.4. The zero-order valence-corrected chi connectivity index (χ0v) is 12.2. The van der Waals surface area contributed by atoms with Crippen LogP contribution in [-0.4, -0.2) is 25.7 Å². The summed E-state index contributed by atoms with van der Waals surface area (Å²) in [6, 6.07) is 6.19. The van der Waals surface area contributed by atoms with Crippen LogP contribution >= 0.6 is 11.3 Å². The highest BCUT2D eigenvalue weighted by atomic mass is 32.1. The molecule has 5 nitrogen and oxygen atoms in total. The Morgan fingerprint density at radius 3 is 3.00 bits per heavy atom. The van der Waals surface area contributed by atoms with E-state index in [9.17, 15) is 5.11 Å². The molecule has 3 N–H and O–H groups in total. The highest BCUT2D eigenvalue weighted by Crippen LogP contribution is 2.43. The highest BCUT2D eigenvalue weighted by Gasteiger charge is 2.36. The molecule has 0 spiro atoms. The van der Waals surface area contributed by atoms with E-state index in [0.29, 0.717) is 11.7 Å². The second kappa shape index (κ2) is 4.82. The summed E-state index contributed by atoms with van der Waals surface area (Å²) in [4.78, 5) is 9.70. The van der Waals surface area contributed by atoms with E-state index in [0.717, 1.165) is 23.9 Å². The van der Waals surface area contributed by atoms with Crippen LogP contribution in [0.3, 0.4) is 0 Å². The molecule has 0 bridgehead atoms. The second-order valence-electron chi connectivity index (χ2n) is 5.54. The number of fused-ring (bicyclic) bond motifs is 1. The molecule has 1 fully saturated rings. The molecule has 3 atom stereocenters. The van der Waals surface area contributed by atoms with Crippen LogP contribution in [-0.2, 0) is 0 Å². The molecule has 0 radical (unpaired) electrons. The maximum absolute atomic E-state index is 10.5. The SMILES string of the molecule is Nc1ncnc2c1ccn2[C@@H]1C[C@H](c2cccs2)C[C@H]1O. The fourth-order valence-corrected chi connectivity index (χ4v) is 4.16. The molecular formula is C15H16N4OS. The van der Waals surface area contributed by atoms with Gasteiger partial charge in [0.2, 0.25) is 0 Å². The quantitative estimate of drug-likeness (QED) is 0.762. The third-order valence-corrected chi connectivity index (χ3v) is 5.37. The van der Waals surface area contributed by atoms with Crippen molar-refractivity contribution < 1.29 is 5.11 Å². The molecule has 1 aliphatic carbocycles. The monoisotopic (exact) mass is 300 g/mol. The average molecular weight is 300 g/mol. The number of nitrogens with two attached hydrogens (primary N) is 1. The van der Waals surface area contributed by atoms with Gasteiger partial charge in [-0.3, -0.25) is 0 Å². The van der Waals surface area contributed by atoms with Crippen molar-refractivity contribution in [3.63, 3.8) is 0 Å². The lowest BCUT2D eigenvalue weighted by Gasteiger charge is -2.17. The van der Waals surface area contributed by atoms with Gasteiger partial charge in [-0.1, -0.05) is 6.07 Å². The number of anilines is 1. The third-order valence-electron chi connectivity index (χ3n) is 4.34. The molecule has 6 heteroatoms. The van der Waals surface area contributed by atoms with Crippen LogP contribution in [0.1, 0.15) is 29.7 Å². The van der Waals surface area contributed by atoms with E-state index in [1.165, 1.54) is 11.2 Å². The van der Waals surface area contributed by atoms with Crippen LogP contribution in [0.5, 0.6) is 0 Å². The zero-order chi connectivity index (χ0) is 14.4. The number of nitrogens with zero attached hydrogens (tertiary/aromatic N) is 3. The van der Waals surface area contributed by atoms with Gasteiger partial charge in [0.05, 0.1) is 17.5 Å². The number of thiophene rings is 1. The number of hydrogen-bond acceptors (Lipinski definition) is 5. The lowest BCUT2D eigenvalue weighted by Crippen LogP contribution is -2.17. The number of hydrogen-bond donors (Lipinski definition) is 2. The predicted molar refractivity (Wildman–Crippen MR) is 83.3 cm³/mol. The van der Waals surface area contributed by atoms with Crippen molar-refractivity contribution >= 4 is 28.2 Å². The number of aliphatic hydroxyl groups excluding tert-OH is 1. The fraction of sp³-hybridized carbons (Fsp3) is 0.333. The molecule has 0 aromatic carbocycles. The third kappa shape index (κ3) is 2.02. The Morgan fingerprint density at radius 1 is 1.29 bits per heavy atom. The highest BCUT2D eigenvalue weighted by molar-refractivity contribution is 7.10. The first-order chi connectivity index (χ1) is 10.2. The van der Waals surface area contributed by atoms with Crippen molar-refractivity contribution in [1.82, 2.24) is 14.5 Å². The van der Waals surface area contributed by atoms with E-state index >= 15 is 0 Å². The molecule has 0 unspecified atom stereocenters. The summed E-state index contributed by atoms with van der Waals surface area (Å²) < 4.78 is 2.05. The number of aliphatic hydroxyl groups is 1. The van der Waals surface area contributed by atoms with Gasteiger partial charge in [-0.05, 0) is 36.3 Å². The molecule has 0 saturated heterocycles. The van der Waals surface area contributed by atoms with Crippen LogP contribution in [0, 0.1) is 0 Å². The average Bonchev–Trinajstić information content (AvgIpc) is 3.17. The number of nitrogen functional groups attached to an aromatic ring is 1. The molecule has 0 amide bonds. The van der Waals surface area contributed by atoms with E-state index in [1.807, 2.05) is 16.8 Å². The summed E-state index contributed by atoms with van der Waals surface area (Å²) in [5.74, 6) is 0.905. The Labute approximate surface area is 126 Å². The Bertz CT molecular complexity index is 767. The Hall–Kier alpha value is -1.92. The van der Waals surface area contributed by atoms with Gasteiger partial charge in [-0.15, -0.1) is 11.3 Å². The first kappa shape index (κ1) is 12.8. The summed E-state index contributed by atoms with van der Waals surface area (Å²) in [6.07, 6.45) is 4.80. The molecule has 3 aromatic heterocycles. The van der Waals surface area contributed by atoms with Crippen LogP contribution in [0.25, 0.3) is 11.0 Å². The summed E-state index contributed by atoms with van der Waals surface area (Å²) in [5, 5.41) is 13.4. The first-order valence-electron chi connectivity index (χ1n) is 7.02. The Kier molecular flexibility index (Phi) is 2.94. The van der Waals surface area contributed by atoms with Gasteiger partial charge < -0.3 is 15.4 Å². The summed E-state index contributed by atoms with van der Waals surface area (Å²) in [6.45, 7) is 0. The Morgan fingerprint density at radius 2 is 2.19 bits per heavy atom. The molecule has 0 aliphatic heterocycles. The van der Waals surface area contributed by atoms with Crippen molar-refractivity contribution in [3.05, 3.63) is 41.0 Å².